The largest absolute Gasteiger partial charge is 0.481 e. The number of carboxylic acids is 1. The minimum Gasteiger partial charge on any atom is -0.481 e. The molecule has 2 rings (SSSR count). The monoisotopic (exact) mass is 260 g/mol. The highest BCUT2D eigenvalue weighted by atomic mass is 16.5. The van der Waals surface area contributed by atoms with Crippen molar-refractivity contribution in [2.45, 2.75) is 25.9 Å². The van der Waals surface area contributed by atoms with E-state index in [0.717, 1.165) is 16.8 Å². The maximum atomic E-state index is 10.9. The zero-order chi connectivity index (χ0) is 13.7. The van der Waals surface area contributed by atoms with Crippen molar-refractivity contribution in [2.75, 3.05) is 0 Å². The van der Waals surface area contributed by atoms with Crippen molar-refractivity contribution in [3.8, 4) is 0 Å². The van der Waals surface area contributed by atoms with Crippen molar-refractivity contribution < 1.29 is 14.4 Å². The number of hydrogen-bond acceptors (Lipinski definition) is 4. The molecule has 2 aromatic rings. The van der Waals surface area contributed by atoms with E-state index in [1.54, 1.807) is 13.2 Å². The SMILES string of the molecule is CC(C(=O)O)c1ccc(CNCc2ccon2)cc1. The summed E-state index contributed by atoms with van der Waals surface area (Å²) in [5.41, 5.74) is 2.77. The lowest BCUT2D eigenvalue weighted by atomic mass is 10.0. The lowest BCUT2D eigenvalue weighted by Gasteiger charge is -2.08. The number of nitrogens with zero attached hydrogens (tertiary/aromatic N) is 1. The highest BCUT2D eigenvalue weighted by molar-refractivity contribution is 5.75. The third-order valence-electron chi connectivity index (χ3n) is 2.98. The minimum absolute atomic E-state index is 0.475. The average molecular weight is 260 g/mol. The molecule has 0 aliphatic carbocycles. The second-order valence-electron chi connectivity index (χ2n) is 4.40. The van der Waals surface area contributed by atoms with Crippen LogP contribution in [-0.4, -0.2) is 16.2 Å². The Hall–Kier alpha value is -2.14. The molecule has 0 aliphatic heterocycles. The second-order valence-corrected chi connectivity index (χ2v) is 4.40. The Kier molecular flexibility index (Phi) is 4.30. The lowest BCUT2D eigenvalue weighted by molar-refractivity contribution is -0.138. The Balaban J connectivity index is 1.86. The summed E-state index contributed by atoms with van der Waals surface area (Å²) in [5, 5.41) is 16.0. The van der Waals surface area contributed by atoms with Gasteiger partial charge in [-0.2, -0.15) is 0 Å². The summed E-state index contributed by atoms with van der Waals surface area (Å²) >= 11 is 0. The molecular formula is C14H16N2O3. The third-order valence-corrected chi connectivity index (χ3v) is 2.98. The molecule has 0 aliphatic rings. The van der Waals surface area contributed by atoms with E-state index in [4.69, 9.17) is 9.63 Å². The highest BCUT2D eigenvalue weighted by Gasteiger charge is 2.12. The molecule has 1 aromatic carbocycles. The molecule has 2 N–H and O–H groups in total. The summed E-state index contributed by atoms with van der Waals surface area (Å²) in [6, 6.07) is 9.39. The fraction of sp³-hybridized carbons (Fsp3) is 0.286. The molecule has 5 nitrogen and oxygen atoms in total. The minimum atomic E-state index is -0.808. The van der Waals surface area contributed by atoms with Crippen molar-refractivity contribution in [3.05, 3.63) is 53.4 Å². The topological polar surface area (TPSA) is 75.4 Å². The number of hydrogen-bond donors (Lipinski definition) is 2. The Morgan fingerprint density at radius 1 is 1.32 bits per heavy atom. The summed E-state index contributed by atoms with van der Waals surface area (Å²) in [5.74, 6) is -1.28. The van der Waals surface area contributed by atoms with E-state index in [-0.39, 0.29) is 0 Å². The van der Waals surface area contributed by atoms with Crippen molar-refractivity contribution in [2.24, 2.45) is 0 Å². The fourth-order valence-corrected chi connectivity index (χ4v) is 1.73. The zero-order valence-corrected chi connectivity index (χ0v) is 10.7. The van der Waals surface area contributed by atoms with E-state index in [1.165, 1.54) is 0 Å². The molecule has 1 aromatic heterocycles. The number of nitrogens with one attached hydrogen (secondary N) is 1. The first-order valence-electron chi connectivity index (χ1n) is 6.08. The van der Waals surface area contributed by atoms with E-state index < -0.39 is 11.9 Å². The van der Waals surface area contributed by atoms with Crippen LogP contribution >= 0.6 is 0 Å². The predicted octanol–water partition coefficient (Wildman–Crippen LogP) is 2.15. The van der Waals surface area contributed by atoms with Gasteiger partial charge >= 0.3 is 5.97 Å². The van der Waals surface area contributed by atoms with Gasteiger partial charge in [0.25, 0.3) is 0 Å². The number of carboxylic acid groups (broad SMARTS) is 1. The molecule has 100 valence electrons. The highest BCUT2D eigenvalue weighted by Crippen LogP contribution is 2.16. The van der Waals surface area contributed by atoms with Gasteiger partial charge in [-0.1, -0.05) is 29.4 Å². The molecule has 0 radical (unpaired) electrons. The van der Waals surface area contributed by atoms with Gasteiger partial charge in [0.05, 0.1) is 11.6 Å². The first kappa shape index (κ1) is 13.3. The van der Waals surface area contributed by atoms with Crippen LogP contribution in [0.4, 0.5) is 0 Å². The van der Waals surface area contributed by atoms with Crippen molar-refractivity contribution >= 4 is 5.97 Å². The first-order chi connectivity index (χ1) is 9.16. The lowest BCUT2D eigenvalue weighted by Crippen LogP contribution is -2.13. The molecule has 1 atom stereocenters. The molecule has 5 heteroatoms. The van der Waals surface area contributed by atoms with Gasteiger partial charge in [0.1, 0.15) is 6.26 Å². The fourth-order valence-electron chi connectivity index (χ4n) is 1.73. The average Bonchev–Trinajstić information content (AvgIpc) is 2.92. The second kappa shape index (κ2) is 6.15. The molecule has 1 heterocycles. The summed E-state index contributed by atoms with van der Waals surface area (Å²) in [6.07, 6.45) is 1.54. The summed E-state index contributed by atoms with van der Waals surface area (Å²) in [4.78, 5) is 10.9. The van der Waals surface area contributed by atoms with Gasteiger partial charge in [0, 0.05) is 19.2 Å². The first-order valence-corrected chi connectivity index (χ1v) is 6.08. The van der Waals surface area contributed by atoms with Crippen LogP contribution in [0.15, 0.2) is 41.1 Å². The summed E-state index contributed by atoms with van der Waals surface area (Å²) in [6.45, 7) is 3.03. The molecule has 0 bridgehead atoms. The van der Waals surface area contributed by atoms with Crippen LogP contribution in [0.1, 0.15) is 29.7 Å². The van der Waals surface area contributed by atoms with Gasteiger partial charge in [-0.25, -0.2) is 0 Å². The molecule has 1 unspecified atom stereocenters. The molecule has 0 saturated carbocycles. The van der Waals surface area contributed by atoms with E-state index >= 15 is 0 Å². The van der Waals surface area contributed by atoms with Crippen LogP contribution in [0.3, 0.4) is 0 Å². The van der Waals surface area contributed by atoms with Crippen LogP contribution in [0.25, 0.3) is 0 Å². The van der Waals surface area contributed by atoms with Gasteiger partial charge in [-0.05, 0) is 18.1 Å². The Labute approximate surface area is 111 Å². The van der Waals surface area contributed by atoms with Crippen molar-refractivity contribution in [1.82, 2.24) is 10.5 Å². The van der Waals surface area contributed by atoms with Gasteiger partial charge in [0.15, 0.2) is 0 Å². The van der Waals surface area contributed by atoms with Crippen LogP contribution < -0.4 is 5.32 Å². The molecular weight excluding hydrogens is 244 g/mol. The maximum absolute atomic E-state index is 10.9. The molecule has 19 heavy (non-hydrogen) atoms. The van der Waals surface area contributed by atoms with E-state index in [0.29, 0.717) is 13.1 Å². The quantitative estimate of drug-likeness (QED) is 0.832. The molecule has 0 spiro atoms. The van der Waals surface area contributed by atoms with Gasteiger partial charge in [-0.15, -0.1) is 0 Å². The van der Waals surface area contributed by atoms with E-state index in [1.807, 2.05) is 30.3 Å². The molecule has 0 fully saturated rings. The summed E-state index contributed by atoms with van der Waals surface area (Å²) < 4.78 is 4.74. The smallest absolute Gasteiger partial charge is 0.310 e. The Morgan fingerprint density at radius 3 is 2.63 bits per heavy atom. The number of benzene rings is 1. The summed E-state index contributed by atoms with van der Waals surface area (Å²) in [7, 11) is 0. The van der Waals surface area contributed by atoms with Crippen LogP contribution in [0.5, 0.6) is 0 Å². The Bertz CT molecular complexity index is 520. The van der Waals surface area contributed by atoms with Crippen molar-refractivity contribution in [1.29, 1.82) is 0 Å². The standard InChI is InChI=1S/C14H16N2O3/c1-10(14(17)18)12-4-2-11(3-5-12)8-15-9-13-6-7-19-16-13/h2-7,10,15H,8-9H2,1H3,(H,17,18). The number of aliphatic carboxylic acids is 1. The van der Waals surface area contributed by atoms with Crippen molar-refractivity contribution in [3.63, 3.8) is 0 Å². The van der Waals surface area contributed by atoms with E-state index in [9.17, 15) is 4.79 Å². The zero-order valence-electron chi connectivity index (χ0n) is 10.7. The molecule has 0 saturated heterocycles. The number of aromatic nitrogens is 1. The maximum Gasteiger partial charge on any atom is 0.310 e. The normalized spacial score (nSPS) is 12.3. The van der Waals surface area contributed by atoms with Gasteiger partial charge < -0.3 is 14.9 Å². The van der Waals surface area contributed by atoms with Crippen LogP contribution in [0.2, 0.25) is 0 Å². The van der Waals surface area contributed by atoms with E-state index in [2.05, 4.69) is 10.5 Å². The van der Waals surface area contributed by atoms with Gasteiger partial charge in [-0.3, -0.25) is 4.79 Å². The van der Waals surface area contributed by atoms with Gasteiger partial charge in [0.2, 0.25) is 0 Å². The predicted molar refractivity (Wildman–Crippen MR) is 69.5 cm³/mol. The Morgan fingerprint density at radius 2 is 2.05 bits per heavy atom. The number of carbonyl (C=O) groups is 1. The molecule has 0 amide bonds. The number of rotatable bonds is 6. The van der Waals surface area contributed by atoms with Crippen LogP contribution in [0, 0.1) is 0 Å². The third kappa shape index (κ3) is 3.66. The van der Waals surface area contributed by atoms with Crippen LogP contribution in [-0.2, 0) is 17.9 Å².